The number of rotatable bonds is 2. The Morgan fingerprint density at radius 1 is 1.29 bits per heavy atom. The molecule has 0 saturated carbocycles. The molecule has 2 heterocycles. The molecule has 3 nitrogen and oxygen atoms in total. The summed E-state index contributed by atoms with van der Waals surface area (Å²) >= 11 is 3.54. The quantitative estimate of drug-likeness (QED) is 0.885. The van der Waals surface area contributed by atoms with Gasteiger partial charge in [0.15, 0.2) is 0 Å². The van der Waals surface area contributed by atoms with E-state index in [1.165, 1.54) is 19.3 Å². The van der Waals surface area contributed by atoms with Crippen LogP contribution in [0.1, 0.15) is 48.0 Å². The van der Waals surface area contributed by atoms with Gasteiger partial charge in [-0.3, -0.25) is 4.79 Å². The number of carbonyl (C=O) groups is 1. The largest absolute Gasteiger partial charge is 0.334 e. The Kier molecular flexibility index (Phi) is 4.65. The van der Waals surface area contributed by atoms with Crippen molar-refractivity contribution in [3.8, 4) is 0 Å². The van der Waals surface area contributed by atoms with Crippen LogP contribution in [0.2, 0.25) is 0 Å². The molecular formula is C17H23BrN2O. The zero-order valence-electron chi connectivity index (χ0n) is 12.6. The minimum Gasteiger partial charge on any atom is -0.334 e. The Balaban J connectivity index is 1.85. The Hall–Kier alpha value is -0.870. The summed E-state index contributed by atoms with van der Waals surface area (Å²) < 4.78 is 1.01. The van der Waals surface area contributed by atoms with E-state index in [9.17, 15) is 4.79 Å². The van der Waals surface area contributed by atoms with Gasteiger partial charge < -0.3 is 10.2 Å². The Morgan fingerprint density at radius 3 is 2.90 bits per heavy atom. The van der Waals surface area contributed by atoms with Gasteiger partial charge >= 0.3 is 0 Å². The topological polar surface area (TPSA) is 32.3 Å². The fraction of sp³-hybridized carbons (Fsp3) is 0.588. The average molecular weight is 351 g/mol. The molecule has 21 heavy (non-hydrogen) atoms. The van der Waals surface area contributed by atoms with Crippen molar-refractivity contribution in [3.05, 3.63) is 33.8 Å². The first-order valence-corrected chi connectivity index (χ1v) is 8.77. The first kappa shape index (κ1) is 15.0. The number of nitrogens with zero attached hydrogens (tertiary/aromatic N) is 1. The smallest absolute Gasteiger partial charge is 0.254 e. The number of amides is 1. The third kappa shape index (κ3) is 3.02. The van der Waals surface area contributed by atoms with Gasteiger partial charge in [-0.1, -0.05) is 22.0 Å². The van der Waals surface area contributed by atoms with Crippen LogP contribution in [-0.4, -0.2) is 36.0 Å². The van der Waals surface area contributed by atoms with Gasteiger partial charge in [0.2, 0.25) is 0 Å². The molecule has 1 aromatic rings. The molecule has 2 saturated heterocycles. The molecule has 1 amide bonds. The lowest BCUT2D eigenvalue weighted by atomic mass is 9.93. The molecule has 0 spiro atoms. The number of hydrogen-bond donors (Lipinski definition) is 1. The Morgan fingerprint density at radius 2 is 2.14 bits per heavy atom. The van der Waals surface area contributed by atoms with Crippen LogP contribution in [-0.2, 0) is 0 Å². The maximum Gasteiger partial charge on any atom is 0.254 e. The lowest BCUT2D eigenvalue weighted by Crippen LogP contribution is -2.52. The molecule has 1 aromatic carbocycles. The third-order valence-corrected chi connectivity index (χ3v) is 5.73. The molecule has 2 fully saturated rings. The summed E-state index contributed by atoms with van der Waals surface area (Å²) in [6.45, 7) is 4.01. The number of benzene rings is 1. The number of piperidine rings is 1. The van der Waals surface area contributed by atoms with Crippen molar-refractivity contribution in [3.63, 3.8) is 0 Å². The molecule has 1 N–H and O–H groups in total. The van der Waals surface area contributed by atoms with E-state index >= 15 is 0 Å². The lowest BCUT2D eigenvalue weighted by Gasteiger charge is -2.39. The second kappa shape index (κ2) is 6.49. The third-order valence-electron chi connectivity index (χ3n) is 4.87. The minimum atomic E-state index is 0.201. The zero-order valence-corrected chi connectivity index (χ0v) is 14.2. The van der Waals surface area contributed by atoms with Crippen LogP contribution in [0.5, 0.6) is 0 Å². The number of likely N-dealkylation sites (tertiary alicyclic amines) is 1. The molecule has 114 valence electrons. The van der Waals surface area contributed by atoms with E-state index in [1.807, 2.05) is 25.1 Å². The highest BCUT2D eigenvalue weighted by atomic mass is 79.9. The van der Waals surface area contributed by atoms with E-state index in [0.717, 1.165) is 41.5 Å². The van der Waals surface area contributed by atoms with Crippen LogP contribution in [0.4, 0.5) is 0 Å². The van der Waals surface area contributed by atoms with Crippen molar-refractivity contribution in [2.45, 2.75) is 51.1 Å². The summed E-state index contributed by atoms with van der Waals surface area (Å²) in [5.74, 6) is 0.201. The fourth-order valence-corrected chi connectivity index (χ4v) is 4.03. The summed E-state index contributed by atoms with van der Waals surface area (Å²) in [5, 5.41) is 3.59. The maximum atomic E-state index is 13.0. The molecule has 2 unspecified atom stereocenters. The van der Waals surface area contributed by atoms with Gasteiger partial charge in [-0.25, -0.2) is 0 Å². The van der Waals surface area contributed by atoms with E-state index in [1.54, 1.807) is 0 Å². The summed E-state index contributed by atoms with van der Waals surface area (Å²) in [6, 6.07) is 6.76. The van der Waals surface area contributed by atoms with Crippen molar-refractivity contribution < 1.29 is 4.79 Å². The van der Waals surface area contributed by atoms with Crippen molar-refractivity contribution in [1.82, 2.24) is 10.2 Å². The van der Waals surface area contributed by atoms with Gasteiger partial charge in [-0.15, -0.1) is 0 Å². The predicted octanol–water partition coefficient (Wildman–Crippen LogP) is 3.50. The zero-order chi connectivity index (χ0) is 14.8. The van der Waals surface area contributed by atoms with Crippen LogP contribution in [0, 0.1) is 6.92 Å². The van der Waals surface area contributed by atoms with Crippen LogP contribution in [0.25, 0.3) is 0 Å². The SMILES string of the molecule is Cc1c(Br)cccc1C(=O)N1CCCCC1C1CCCN1. The van der Waals surface area contributed by atoms with Gasteiger partial charge in [0.1, 0.15) is 0 Å². The molecule has 3 rings (SSSR count). The van der Waals surface area contributed by atoms with E-state index in [2.05, 4.69) is 26.1 Å². The molecule has 2 aliphatic heterocycles. The average Bonchev–Trinajstić information content (AvgIpc) is 3.03. The minimum absolute atomic E-state index is 0.201. The number of nitrogens with one attached hydrogen (secondary N) is 1. The van der Waals surface area contributed by atoms with Gasteiger partial charge in [0.05, 0.1) is 0 Å². The van der Waals surface area contributed by atoms with E-state index in [-0.39, 0.29) is 5.91 Å². The Bertz CT molecular complexity index is 526. The molecule has 2 aliphatic rings. The molecule has 0 aliphatic carbocycles. The number of halogens is 1. The first-order valence-electron chi connectivity index (χ1n) is 7.98. The van der Waals surface area contributed by atoms with Crippen LogP contribution in [0.15, 0.2) is 22.7 Å². The van der Waals surface area contributed by atoms with Crippen molar-refractivity contribution in [2.75, 3.05) is 13.1 Å². The standard InChI is InChI=1S/C17H23BrN2O/c1-12-13(6-4-7-14(12)18)17(21)20-11-3-2-9-16(20)15-8-5-10-19-15/h4,6-7,15-16,19H,2-3,5,8-11H2,1H3. The molecular weight excluding hydrogens is 328 g/mol. The van der Waals surface area contributed by atoms with Crippen molar-refractivity contribution >= 4 is 21.8 Å². The fourth-order valence-electron chi connectivity index (χ4n) is 3.66. The lowest BCUT2D eigenvalue weighted by molar-refractivity contribution is 0.0563. The summed E-state index contributed by atoms with van der Waals surface area (Å²) in [5.41, 5.74) is 1.89. The molecule has 0 bridgehead atoms. The summed E-state index contributed by atoms with van der Waals surface area (Å²) in [6.07, 6.45) is 5.94. The number of hydrogen-bond acceptors (Lipinski definition) is 2. The van der Waals surface area contributed by atoms with Crippen molar-refractivity contribution in [1.29, 1.82) is 0 Å². The summed E-state index contributed by atoms with van der Waals surface area (Å²) in [4.78, 5) is 15.1. The Labute approximate surface area is 135 Å². The van der Waals surface area contributed by atoms with E-state index < -0.39 is 0 Å². The first-order chi connectivity index (χ1) is 10.2. The maximum absolute atomic E-state index is 13.0. The van der Waals surface area contributed by atoms with Gasteiger partial charge in [-0.2, -0.15) is 0 Å². The predicted molar refractivity (Wildman–Crippen MR) is 88.6 cm³/mol. The second-order valence-corrected chi connectivity index (χ2v) is 7.03. The van der Waals surface area contributed by atoms with Gasteiger partial charge in [0, 0.05) is 28.7 Å². The summed E-state index contributed by atoms with van der Waals surface area (Å²) in [7, 11) is 0. The van der Waals surface area contributed by atoms with Gasteiger partial charge in [0.25, 0.3) is 5.91 Å². The molecule has 2 atom stereocenters. The highest BCUT2D eigenvalue weighted by molar-refractivity contribution is 9.10. The second-order valence-electron chi connectivity index (χ2n) is 6.18. The van der Waals surface area contributed by atoms with Crippen LogP contribution < -0.4 is 5.32 Å². The molecule has 4 heteroatoms. The van der Waals surface area contributed by atoms with E-state index in [4.69, 9.17) is 0 Å². The highest BCUT2D eigenvalue weighted by Gasteiger charge is 2.34. The highest BCUT2D eigenvalue weighted by Crippen LogP contribution is 2.28. The van der Waals surface area contributed by atoms with Crippen LogP contribution >= 0.6 is 15.9 Å². The van der Waals surface area contributed by atoms with E-state index in [0.29, 0.717) is 12.1 Å². The molecule has 0 aromatic heterocycles. The molecule has 0 radical (unpaired) electrons. The van der Waals surface area contributed by atoms with Gasteiger partial charge in [-0.05, 0) is 63.3 Å². The number of carbonyl (C=O) groups excluding carboxylic acids is 1. The van der Waals surface area contributed by atoms with Crippen molar-refractivity contribution in [2.24, 2.45) is 0 Å². The normalized spacial score (nSPS) is 26.1. The van der Waals surface area contributed by atoms with Crippen LogP contribution in [0.3, 0.4) is 0 Å². The monoisotopic (exact) mass is 350 g/mol.